The standard InChI is InChI=1S/C19H18N4O2/c1-13(15-9-6-10-16(11-15)25-2)20-23-19(24)18-12-17(21-22-18)14-7-4-3-5-8-14/h3-12H,1-2H3,(H,21,22)(H,23,24)/b20-13-. The highest BCUT2D eigenvalue weighted by atomic mass is 16.5. The van der Waals surface area contributed by atoms with Crippen molar-refractivity contribution in [2.45, 2.75) is 6.92 Å². The predicted octanol–water partition coefficient (Wildman–Crippen LogP) is 3.24. The molecule has 0 radical (unpaired) electrons. The Hall–Kier alpha value is -3.41. The maximum absolute atomic E-state index is 12.2. The van der Waals surface area contributed by atoms with Crippen LogP contribution in [0.2, 0.25) is 0 Å². The minimum absolute atomic E-state index is 0.348. The number of aromatic nitrogens is 2. The molecule has 6 heteroatoms. The Labute approximate surface area is 145 Å². The molecule has 0 saturated carbocycles. The molecule has 0 atom stereocenters. The summed E-state index contributed by atoms with van der Waals surface area (Å²) in [7, 11) is 1.61. The van der Waals surface area contributed by atoms with E-state index < -0.39 is 0 Å². The zero-order valence-electron chi connectivity index (χ0n) is 14.0. The molecule has 3 aromatic rings. The number of hydrazone groups is 1. The molecule has 0 fully saturated rings. The second kappa shape index (κ2) is 7.44. The van der Waals surface area contributed by atoms with Gasteiger partial charge in [-0.2, -0.15) is 10.2 Å². The Bertz CT molecular complexity index is 901. The van der Waals surface area contributed by atoms with Crippen LogP contribution in [-0.4, -0.2) is 28.9 Å². The molecule has 0 spiro atoms. The molecule has 1 heterocycles. The third-order valence-electron chi connectivity index (χ3n) is 3.70. The molecule has 0 aliphatic heterocycles. The number of methoxy groups -OCH3 is 1. The van der Waals surface area contributed by atoms with E-state index in [1.807, 2.05) is 61.5 Å². The largest absolute Gasteiger partial charge is 0.497 e. The number of benzene rings is 2. The van der Waals surface area contributed by atoms with E-state index in [0.717, 1.165) is 16.9 Å². The van der Waals surface area contributed by atoms with E-state index in [-0.39, 0.29) is 5.91 Å². The smallest absolute Gasteiger partial charge is 0.289 e. The summed E-state index contributed by atoms with van der Waals surface area (Å²) >= 11 is 0. The summed E-state index contributed by atoms with van der Waals surface area (Å²) in [5.41, 5.74) is 6.08. The second-order valence-corrected chi connectivity index (χ2v) is 5.40. The molecule has 25 heavy (non-hydrogen) atoms. The number of nitrogens with zero attached hydrogens (tertiary/aromatic N) is 2. The first-order valence-electron chi connectivity index (χ1n) is 7.77. The highest BCUT2D eigenvalue weighted by Gasteiger charge is 2.10. The third kappa shape index (κ3) is 3.92. The van der Waals surface area contributed by atoms with Gasteiger partial charge in [-0.1, -0.05) is 42.5 Å². The highest BCUT2D eigenvalue weighted by molar-refractivity contribution is 6.00. The molecule has 6 nitrogen and oxygen atoms in total. The van der Waals surface area contributed by atoms with Crippen molar-refractivity contribution in [3.8, 4) is 17.0 Å². The van der Waals surface area contributed by atoms with E-state index in [1.165, 1.54) is 0 Å². The van der Waals surface area contributed by atoms with Gasteiger partial charge in [-0.15, -0.1) is 0 Å². The van der Waals surface area contributed by atoms with E-state index in [4.69, 9.17) is 4.74 Å². The van der Waals surface area contributed by atoms with E-state index >= 15 is 0 Å². The molecule has 3 rings (SSSR count). The van der Waals surface area contributed by atoms with Gasteiger partial charge in [0.25, 0.3) is 5.91 Å². The zero-order valence-corrected chi connectivity index (χ0v) is 14.0. The number of H-pyrrole nitrogens is 1. The van der Waals surface area contributed by atoms with E-state index in [0.29, 0.717) is 17.1 Å². The van der Waals surface area contributed by atoms with Crippen LogP contribution in [0.15, 0.2) is 65.8 Å². The Morgan fingerprint density at radius 2 is 1.92 bits per heavy atom. The summed E-state index contributed by atoms with van der Waals surface area (Å²) < 4.78 is 5.19. The minimum atomic E-state index is -0.350. The lowest BCUT2D eigenvalue weighted by Crippen LogP contribution is -2.19. The summed E-state index contributed by atoms with van der Waals surface area (Å²) in [5.74, 6) is 0.386. The molecule has 1 aromatic heterocycles. The normalized spacial score (nSPS) is 11.2. The van der Waals surface area contributed by atoms with Crippen molar-refractivity contribution < 1.29 is 9.53 Å². The monoisotopic (exact) mass is 334 g/mol. The molecule has 1 amide bonds. The van der Waals surface area contributed by atoms with Crippen LogP contribution in [0.5, 0.6) is 5.75 Å². The SMILES string of the molecule is COc1cccc(/C(C)=N\NC(=O)c2cc(-c3ccccc3)n[nH]2)c1. The topological polar surface area (TPSA) is 79.4 Å². The van der Waals surface area contributed by atoms with E-state index in [9.17, 15) is 4.79 Å². The predicted molar refractivity (Wildman–Crippen MR) is 96.7 cm³/mol. The van der Waals surface area contributed by atoms with Gasteiger partial charge in [-0.25, -0.2) is 5.43 Å². The van der Waals surface area contributed by atoms with Crippen molar-refractivity contribution in [1.29, 1.82) is 0 Å². The van der Waals surface area contributed by atoms with Gasteiger partial charge in [-0.05, 0) is 25.1 Å². The van der Waals surface area contributed by atoms with Gasteiger partial charge >= 0.3 is 0 Å². The van der Waals surface area contributed by atoms with E-state index in [1.54, 1.807) is 13.2 Å². The molecule has 0 aliphatic carbocycles. The number of nitrogens with one attached hydrogen (secondary N) is 2. The average molecular weight is 334 g/mol. The summed E-state index contributed by atoms with van der Waals surface area (Å²) in [4.78, 5) is 12.2. The molecule has 0 aliphatic rings. The first-order valence-corrected chi connectivity index (χ1v) is 7.77. The summed E-state index contributed by atoms with van der Waals surface area (Å²) in [6, 6.07) is 18.8. The number of amides is 1. The Kier molecular flexibility index (Phi) is 4.89. The van der Waals surface area contributed by atoms with Gasteiger partial charge in [-0.3, -0.25) is 9.89 Å². The van der Waals surface area contributed by atoms with Crippen LogP contribution in [0, 0.1) is 0 Å². The van der Waals surface area contributed by atoms with Gasteiger partial charge in [0.2, 0.25) is 0 Å². The molecular formula is C19H18N4O2. The summed E-state index contributed by atoms with van der Waals surface area (Å²) in [5, 5.41) is 11.0. The fourth-order valence-electron chi connectivity index (χ4n) is 2.30. The lowest BCUT2D eigenvalue weighted by atomic mass is 10.1. The average Bonchev–Trinajstić information content (AvgIpc) is 3.17. The van der Waals surface area contributed by atoms with Gasteiger partial charge in [0.05, 0.1) is 18.5 Å². The quantitative estimate of drug-likeness (QED) is 0.555. The van der Waals surface area contributed by atoms with Crippen LogP contribution < -0.4 is 10.2 Å². The van der Waals surface area contributed by atoms with Crippen LogP contribution >= 0.6 is 0 Å². The van der Waals surface area contributed by atoms with Crippen LogP contribution in [-0.2, 0) is 0 Å². The van der Waals surface area contributed by atoms with E-state index in [2.05, 4.69) is 20.7 Å². The van der Waals surface area contributed by atoms with Gasteiger partial charge < -0.3 is 4.74 Å². The number of hydrogen-bond acceptors (Lipinski definition) is 4. The minimum Gasteiger partial charge on any atom is -0.497 e. The van der Waals surface area contributed by atoms with Crippen molar-refractivity contribution in [3.05, 3.63) is 71.9 Å². The number of carbonyl (C=O) groups excluding carboxylic acids is 1. The fourth-order valence-corrected chi connectivity index (χ4v) is 2.30. The number of ether oxygens (including phenoxy) is 1. The lowest BCUT2D eigenvalue weighted by Gasteiger charge is -2.04. The number of aromatic amines is 1. The molecule has 0 unspecified atom stereocenters. The van der Waals surface area contributed by atoms with Crippen molar-refractivity contribution in [2.75, 3.05) is 7.11 Å². The first kappa shape index (κ1) is 16.4. The van der Waals surface area contributed by atoms with Crippen molar-refractivity contribution in [1.82, 2.24) is 15.6 Å². The molecular weight excluding hydrogens is 316 g/mol. The Morgan fingerprint density at radius 3 is 2.68 bits per heavy atom. The maximum Gasteiger partial charge on any atom is 0.289 e. The number of hydrogen-bond donors (Lipinski definition) is 2. The highest BCUT2D eigenvalue weighted by Crippen LogP contribution is 2.17. The maximum atomic E-state index is 12.2. The molecule has 0 bridgehead atoms. The molecule has 2 aromatic carbocycles. The molecule has 0 saturated heterocycles. The van der Waals surface area contributed by atoms with Crippen LogP contribution in [0.1, 0.15) is 23.0 Å². The van der Waals surface area contributed by atoms with Crippen molar-refractivity contribution >= 4 is 11.6 Å². The number of carbonyl (C=O) groups is 1. The number of rotatable bonds is 5. The Morgan fingerprint density at radius 1 is 1.12 bits per heavy atom. The summed E-state index contributed by atoms with van der Waals surface area (Å²) in [6.07, 6.45) is 0. The first-order chi connectivity index (χ1) is 12.2. The van der Waals surface area contributed by atoms with Crippen LogP contribution in [0.4, 0.5) is 0 Å². The van der Waals surface area contributed by atoms with Crippen LogP contribution in [0.25, 0.3) is 11.3 Å². The second-order valence-electron chi connectivity index (χ2n) is 5.40. The van der Waals surface area contributed by atoms with Gasteiger partial charge in [0.1, 0.15) is 11.4 Å². The molecule has 2 N–H and O–H groups in total. The van der Waals surface area contributed by atoms with Crippen molar-refractivity contribution in [3.63, 3.8) is 0 Å². The van der Waals surface area contributed by atoms with Gasteiger partial charge in [0.15, 0.2) is 0 Å². The van der Waals surface area contributed by atoms with Crippen LogP contribution in [0.3, 0.4) is 0 Å². The van der Waals surface area contributed by atoms with Gasteiger partial charge in [0, 0.05) is 11.1 Å². The zero-order chi connectivity index (χ0) is 17.6. The molecule has 126 valence electrons. The third-order valence-corrected chi connectivity index (χ3v) is 3.70. The van der Waals surface area contributed by atoms with Crippen molar-refractivity contribution in [2.24, 2.45) is 5.10 Å². The summed E-state index contributed by atoms with van der Waals surface area (Å²) in [6.45, 7) is 1.82. The Balaban J connectivity index is 1.71. The lowest BCUT2D eigenvalue weighted by molar-refractivity contribution is 0.0950. The fraction of sp³-hybridized carbons (Fsp3) is 0.105.